The average molecular weight is 964 g/mol. The van der Waals surface area contributed by atoms with E-state index in [4.69, 9.17) is 10.5 Å². The number of carboxylic acids is 1. The number of carbonyl (C=O) groups is 8. The number of hydrogen-bond acceptors (Lipinski definition) is 14. The molecule has 2 aromatic carbocycles. The van der Waals surface area contributed by atoms with Crippen molar-refractivity contribution in [1.29, 1.82) is 0 Å². The molecule has 0 aliphatic carbocycles. The summed E-state index contributed by atoms with van der Waals surface area (Å²) in [6.45, 7) is 2.70. The number of alkyl carbamates (subject to hydrolysis) is 1. The van der Waals surface area contributed by atoms with Crippen LogP contribution < -0.4 is 27.0 Å². The van der Waals surface area contributed by atoms with E-state index in [0.717, 1.165) is 23.2 Å². The Morgan fingerprint density at radius 3 is 2.42 bits per heavy atom. The highest BCUT2D eigenvalue weighted by molar-refractivity contribution is 8.15. The molecule has 21 heteroatoms. The first kappa shape index (κ1) is 52.0. The Labute approximate surface area is 397 Å². The monoisotopic (exact) mass is 963 g/mol. The normalized spacial score (nSPS) is 17.0. The number of ether oxygens (including phenoxy) is 1. The van der Waals surface area contributed by atoms with Crippen LogP contribution in [0.15, 0.2) is 53.5 Å². The molecule has 3 aromatic rings. The Morgan fingerprint density at radius 2 is 1.72 bits per heavy atom. The van der Waals surface area contributed by atoms with Crippen molar-refractivity contribution in [2.24, 2.45) is 16.6 Å². The molecule has 6 amide bonds. The average Bonchev–Trinajstić information content (AvgIpc) is 4.08. The number of primary amides is 1. The molecular weight excluding hydrogens is 903 g/mol. The third kappa shape index (κ3) is 16.4. The number of nitrogens with zero attached hydrogens (tertiary/aromatic N) is 4. The Bertz CT molecular complexity index is 2270. The maximum absolute atomic E-state index is 14.4. The zero-order valence-electron chi connectivity index (χ0n) is 38.1. The Hall–Kier alpha value is -5.93. The molecule has 362 valence electrons. The predicted molar refractivity (Wildman–Crippen MR) is 255 cm³/mol. The van der Waals surface area contributed by atoms with Gasteiger partial charge in [0.1, 0.15) is 28.7 Å². The van der Waals surface area contributed by atoms with E-state index in [0.29, 0.717) is 72.1 Å². The minimum absolute atomic E-state index is 0.0552. The van der Waals surface area contributed by atoms with E-state index < -0.39 is 65.8 Å². The van der Waals surface area contributed by atoms with Crippen LogP contribution in [-0.4, -0.2) is 136 Å². The summed E-state index contributed by atoms with van der Waals surface area (Å²) in [6.07, 6.45) is 2.35. The van der Waals surface area contributed by atoms with Gasteiger partial charge in [0.2, 0.25) is 29.5 Å². The summed E-state index contributed by atoms with van der Waals surface area (Å²) < 4.78 is 6.09. The molecule has 1 aromatic heterocycles. The second-order valence-electron chi connectivity index (χ2n) is 16.9. The summed E-state index contributed by atoms with van der Waals surface area (Å²) in [6, 6.07) is 10.2. The fourth-order valence-electron chi connectivity index (χ4n) is 7.76. The van der Waals surface area contributed by atoms with Gasteiger partial charge in [0, 0.05) is 50.2 Å². The number of anilines is 1. The van der Waals surface area contributed by atoms with E-state index in [-0.39, 0.29) is 50.5 Å². The first-order valence-electron chi connectivity index (χ1n) is 22.5. The maximum atomic E-state index is 14.4. The fourth-order valence-corrected chi connectivity index (χ4v) is 9.86. The first-order chi connectivity index (χ1) is 32.1. The number of aliphatic imine (C=N–C) groups is 1. The van der Waals surface area contributed by atoms with Crippen LogP contribution in [0.25, 0.3) is 10.2 Å². The number of nitrogens with one attached hydrogen (secondary N) is 4. The molecule has 19 nitrogen and oxygen atoms in total. The molecule has 0 bridgehead atoms. The van der Waals surface area contributed by atoms with Crippen LogP contribution in [0.5, 0.6) is 0 Å². The lowest BCUT2D eigenvalue weighted by Crippen LogP contribution is -2.55. The molecule has 2 aliphatic heterocycles. The van der Waals surface area contributed by atoms with Gasteiger partial charge in [-0.2, -0.15) is 0 Å². The molecular formula is C46H61N9O10S2. The third-order valence-electron chi connectivity index (χ3n) is 11.3. The number of aliphatic carboxylic acids is 1. The largest absolute Gasteiger partial charge is 0.480 e. The maximum Gasteiger partial charge on any atom is 0.408 e. The van der Waals surface area contributed by atoms with Crippen molar-refractivity contribution in [3.8, 4) is 0 Å². The van der Waals surface area contributed by atoms with Crippen molar-refractivity contribution in [2.75, 3.05) is 44.8 Å². The number of carboxylic acid groups (broad SMARTS) is 1. The SMILES string of the molecule is CC(=O)NCCCC[C@H](CC(=O)[C@H](CCCCN(C)C)NC(=O)[C@@H]1CCCN1C(=O)[C@H](CCC(N)=O)NC(=O)OCc1ccccc1)C(=O)Nc1ccc2nc(C3=N[C@@H](C(=O)O)CS3)sc2c1. The van der Waals surface area contributed by atoms with Crippen LogP contribution in [0.4, 0.5) is 10.5 Å². The van der Waals surface area contributed by atoms with E-state index in [2.05, 4.69) is 31.2 Å². The number of thioether (sulfide) groups is 1. The van der Waals surface area contributed by atoms with Crippen LogP contribution in [-0.2, 0) is 44.9 Å². The summed E-state index contributed by atoms with van der Waals surface area (Å²) in [5, 5.41) is 21.7. The lowest BCUT2D eigenvalue weighted by molar-refractivity contribution is -0.141. The van der Waals surface area contributed by atoms with Gasteiger partial charge in [0.15, 0.2) is 11.8 Å². The van der Waals surface area contributed by atoms with Crippen LogP contribution in [0.3, 0.4) is 0 Å². The summed E-state index contributed by atoms with van der Waals surface area (Å²) in [5.41, 5.74) is 7.26. The van der Waals surface area contributed by atoms with Gasteiger partial charge in [-0.3, -0.25) is 33.8 Å². The molecule has 3 heterocycles. The number of unbranched alkanes of at least 4 members (excludes halogenated alkanes) is 2. The van der Waals surface area contributed by atoms with Crippen LogP contribution in [0.2, 0.25) is 0 Å². The van der Waals surface area contributed by atoms with Crippen molar-refractivity contribution < 1.29 is 48.2 Å². The molecule has 0 unspecified atom stereocenters. The van der Waals surface area contributed by atoms with Crippen LogP contribution in [0.1, 0.15) is 88.1 Å². The number of benzene rings is 2. The van der Waals surface area contributed by atoms with Crippen molar-refractivity contribution in [3.63, 3.8) is 0 Å². The van der Waals surface area contributed by atoms with Gasteiger partial charge in [-0.15, -0.1) is 23.1 Å². The van der Waals surface area contributed by atoms with Crippen LogP contribution >= 0.6 is 23.1 Å². The van der Waals surface area contributed by atoms with Gasteiger partial charge in [-0.1, -0.05) is 36.8 Å². The number of Topliss-reactive ketones (excluding diaryl/α,β-unsaturated/α-hetero) is 1. The number of nitrogens with two attached hydrogens (primary N) is 1. The van der Waals surface area contributed by atoms with Gasteiger partial charge in [-0.25, -0.2) is 14.6 Å². The quantitative estimate of drug-likeness (QED) is 0.0626. The second kappa shape index (κ2) is 25.8. The molecule has 67 heavy (non-hydrogen) atoms. The van der Waals surface area contributed by atoms with Gasteiger partial charge in [-0.05, 0) is 95.8 Å². The fraction of sp³-hybridized carbons (Fsp3) is 0.522. The Morgan fingerprint density at radius 1 is 0.955 bits per heavy atom. The Kier molecular flexibility index (Phi) is 20.1. The number of fused-ring (bicyclic) bond motifs is 1. The lowest BCUT2D eigenvalue weighted by Gasteiger charge is -2.30. The zero-order valence-corrected chi connectivity index (χ0v) is 39.8. The number of likely N-dealkylation sites (tertiary alicyclic amines) is 1. The van der Waals surface area contributed by atoms with E-state index in [1.807, 2.05) is 25.1 Å². The number of amides is 6. The van der Waals surface area contributed by atoms with Gasteiger partial charge < -0.3 is 46.6 Å². The predicted octanol–water partition coefficient (Wildman–Crippen LogP) is 3.83. The summed E-state index contributed by atoms with van der Waals surface area (Å²) in [4.78, 5) is 117. The molecule has 5 atom stereocenters. The highest BCUT2D eigenvalue weighted by Gasteiger charge is 2.39. The number of aromatic nitrogens is 1. The Balaban J connectivity index is 1.30. The topological polar surface area (TPSA) is 272 Å². The van der Waals surface area contributed by atoms with Gasteiger partial charge in [0.25, 0.3) is 0 Å². The second-order valence-corrected chi connectivity index (χ2v) is 19.0. The number of hydrogen-bond donors (Lipinski definition) is 6. The van der Waals surface area contributed by atoms with Crippen molar-refractivity contribution >= 4 is 91.4 Å². The van der Waals surface area contributed by atoms with E-state index in [1.165, 1.54) is 34.9 Å². The summed E-state index contributed by atoms with van der Waals surface area (Å²) >= 11 is 2.65. The minimum Gasteiger partial charge on any atom is -0.480 e. The van der Waals surface area contributed by atoms with Crippen LogP contribution in [0, 0.1) is 5.92 Å². The van der Waals surface area contributed by atoms with Crippen molar-refractivity contribution in [1.82, 2.24) is 30.7 Å². The molecule has 2 aliphatic rings. The van der Waals surface area contributed by atoms with Gasteiger partial charge >= 0.3 is 12.1 Å². The van der Waals surface area contributed by atoms with Gasteiger partial charge in [0.05, 0.1) is 16.3 Å². The number of rotatable bonds is 26. The molecule has 7 N–H and O–H groups in total. The number of thiazole rings is 1. The zero-order chi connectivity index (χ0) is 48.5. The van der Waals surface area contributed by atoms with E-state index >= 15 is 0 Å². The van der Waals surface area contributed by atoms with E-state index in [9.17, 15) is 43.5 Å². The summed E-state index contributed by atoms with van der Waals surface area (Å²) in [5.74, 6) is -4.24. The molecule has 1 fully saturated rings. The summed E-state index contributed by atoms with van der Waals surface area (Å²) in [7, 11) is 3.87. The molecule has 0 spiro atoms. The first-order valence-corrected chi connectivity index (χ1v) is 24.3. The lowest BCUT2D eigenvalue weighted by atomic mass is 9.90. The molecule has 1 saturated heterocycles. The highest BCUT2D eigenvalue weighted by Crippen LogP contribution is 2.32. The molecule has 0 radical (unpaired) electrons. The van der Waals surface area contributed by atoms with Crippen molar-refractivity contribution in [3.05, 3.63) is 59.1 Å². The smallest absolute Gasteiger partial charge is 0.408 e. The third-order valence-corrected chi connectivity index (χ3v) is 13.5. The van der Waals surface area contributed by atoms with Crippen molar-refractivity contribution in [2.45, 2.75) is 108 Å². The molecule has 5 rings (SSSR count). The standard InChI is InChI=1S/C46H61N9O10S2/c1-28(56)48-21-9-7-14-30(40(59)49-31-17-18-33-38(25-31)67-43(51-33)42-52-35(27-66-42)45(62)63)24-37(57)32(15-8-10-22-54(2)3)50-41(60)36-16-11-23-55(36)44(61)34(19-20-39(47)58)53-46(64)65-26-29-12-5-4-6-13-29/h4-6,12-13,17-18,25,30,32,34-36H,7-11,14-16,19-24,26-27H2,1-3H3,(H2,47,58)(H,48,56)(H,49,59)(H,50,60)(H,53,64)(H,62,63)/t30-,32+,34+,35-,36+/m1/s1. The molecule has 0 saturated carbocycles. The van der Waals surface area contributed by atoms with E-state index in [1.54, 1.807) is 42.5 Å². The minimum atomic E-state index is -1.22. The highest BCUT2D eigenvalue weighted by atomic mass is 32.2. The number of ketones is 1. The number of carbonyl (C=O) groups excluding carboxylic acids is 7.